The zero-order chi connectivity index (χ0) is 14.0. The predicted octanol–water partition coefficient (Wildman–Crippen LogP) is 2.23. The number of carbonyl (C=O) groups is 1. The molecule has 0 saturated carbocycles. The van der Waals surface area contributed by atoms with Crippen LogP contribution in [0.25, 0.3) is 0 Å². The Kier molecular flexibility index (Phi) is 3.48. The highest BCUT2D eigenvalue weighted by molar-refractivity contribution is 6.34. The van der Waals surface area contributed by atoms with Crippen LogP contribution in [-0.4, -0.2) is 20.6 Å². The van der Waals surface area contributed by atoms with E-state index in [0.717, 1.165) is 0 Å². The summed E-state index contributed by atoms with van der Waals surface area (Å²) in [7, 11) is 1.68. The van der Waals surface area contributed by atoms with Crippen molar-refractivity contribution in [2.75, 3.05) is 5.32 Å². The van der Waals surface area contributed by atoms with Gasteiger partial charge >= 0.3 is 0 Å². The van der Waals surface area contributed by atoms with E-state index in [1.807, 2.05) is 0 Å². The van der Waals surface area contributed by atoms with E-state index in [1.165, 1.54) is 28.9 Å². The molecule has 1 N–H and O–H groups in total. The highest BCUT2D eigenvalue weighted by Gasteiger charge is 2.14. The fourth-order valence-electron chi connectivity index (χ4n) is 1.45. The first-order valence-corrected chi connectivity index (χ1v) is 5.60. The van der Waals surface area contributed by atoms with Crippen molar-refractivity contribution < 1.29 is 9.72 Å². The molecular weight excluding hydrogens is 272 g/mol. The van der Waals surface area contributed by atoms with Gasteiger partial charge in [0.05, 0.1) is 15.6 Å². The van der Waals surface area contributed by atoms with Gasteiger partial charge in [-0.2, -0.15) is 5.10 Å². The number of nitrogens with zero attached hydrogens (tertiary/aromatic N) is 3. The molecule has 0 radical (unpaired) electrons. The number of anilines is 1. The summed E-state index contributed by atoms with van der Waals surface area (Å²) in [6, 6.07) is 5.34. The lowest BCUT2D eigenvalue weighted by Gasteiger charge is -2.05. The monoisotopic (exact) mass is 280 g/mol. The normalized spacial score (nSPS) is 10.2. The maximum absolute atomic E-state index is 11.8. The van der Waals surface area contributed by atoms with Gasteiger partial charge in [0.1, 0.15) is 0 Å². The van der Waals surface area contributed by atoms with Crippen LogP contribution in [0, 0.1) is 10.1 Å². The Morgan fingerprint density at radius 3 is 2.79 bits per heavy atom. The third kappa shape index (κ3) is 2.89. The summed E-state index contributed by atoms with van der Waals surface area (Å²) in [6.07, 6.45) is 1.62. The predicted molar refractivity (Wildman–Crippen MR) is 69.3 cm³/mol. The van der Waals surface area contributed by atoms with Crippen molar-refractivity contribution in [1.82, 2.24) is 9.78 Å². The fourth-order valence-corrected chi connectivity index (χ4v) is 1.61. The molecular formula is C11H9ClN4O3. The van der Waals surface area contributed by atoms with Crippen LogP contribution >= 0.6 is 11.6 Å². The smallest absolute Gasteiger partial charge is 0.276 e. The number of halogens is 1. The van der Waals surface area contributed by atoms with Gasteiger partial charge in [0.25, 0.3) is 11.6 Å². The van der Waals surface area contributed by atoms with Gasteiger partial charge in [-0.25, -0.2) is 0 Å². The van der Waals surface area contributed by atoms with E-state index in [1.54, 1.807) is 13.2 Å². The van der Waals surface area contributed by atoms with E-state index in [-0.39, 0.29) is 22.1 Å². The maximum Gasteiger partial charge on any atom is 0.276 e. The number of amides is 1. The van der Waals surface area contributed by atoms with Crippen LogP contribution in [0.2, 0.25) is 5.02 Å². The van der Waals surface area contributed by atoms with Crippen LogP contribution in [0.4, 0.5) is 11.4 Å². The summed E-state index contributed by atoms with van der Waals surface area (Å²) >= 11 is 5.87. The number of aryl methyl sites for hydroxylation is 1. The van der Waals surface area contributed by atoms with Crippen molar-refractivity contribution in [3.8, 4) is 0 Å². The second-order valence-electron chi connectivity index (χ2n) is 3.75. The zero-order valence-corrected chi connectivity index (χ0v) is 10.6. The number of nitrogens with one attached hydrogen (secondary N) is 1. The lowest BCUT2D eigenvalue weighted by molar-refractivity contribution is -0.384. The highest BCUT2D eigenvalue weighted by Crippen LogP contribution is 2.26. The van der Waals surface area contributed by atoms with Gasteiger partial charge in [0.2, 0.25) is 0 Å². The minimum absolute atomic E-state index is 0.152. The number of benzene rings is 1. The Morgan fingerprint density at radius 1 is 1.47 bits per heavy atom. The number of non-ortho nitro benzene ring substituents is 1. The third-order valence-electron chi connectivity index (χ3n) is 2.36. The van der Waals surface area contributed by atoms with E-state index in [9.17, 15) is 14.9 Å². The molecule has 0 aliphatic rings. The van der Waals surface area contributed by atoms with Crippen LogP contribution in [0.15, 0.2) is 30.5 Å². The minimum Gasteiger partial charge on any atom is -0.319 e. The summed E-state index contributed by atoms with van der Waals surface area (Å²) in [5.74, 6) is -0.483. The van der Waals surface area contributed by atoms with Gasteiger partial charge in [-0.1, -0.05) is 11.6 Å². The first-order valence-electron chi connectivity index (χ1n) is 5.22. The maximum atomic E-state index is 11.8. The molecule has 1 aromatic carbocycles. The topological polar surface area (TPSA) is 90.1 Å². The first kappa shape index (κ1) is 13.0. The Balaban J connectivity index is 2.25. The van der Waals surface area contributed by atoms with Gasteiger partial charge < -0.3 is 5.32 Å². The van der Waals surface area contributed by atoms with Gasteiger partial charge in [0.15, 0.2) is 5.69 Å². The number of rotatable bonds is 3. The lowest BCUT2D eigenvalue weighted by atomic mass is 10.2. The van der Waals surface area contributed by atoms with Gasteiger partial charge in [-0.3, -0.25) is 19.6 Å². The first-order chi connectivity index (χ1) is 8.97. The van der Waals surface area contributed by atoms with Crippen molar-refractivity contribution in [3.63, 3.8) is 0 Å². The highest BCUT2D eigenvalue weighted by atomic mass is 35.5. The van der Waals surface area contributed by atoms with E-state index in [2.05, 4.69) is 10.4 Å². The number of carbonyl (C=O) groups excluding carboxylic acids is 1. The number of nitro groups is 1. The zero-order valence-electron chi connectivity index (χ0n) is 9.83. The van der Waals surface area contributed by atoms with Crippen molar-refractivity contribution in [2.24, 2.45) is 7.05 Å². The molecule has 0 aliphatic heterocycles. The van der Waals surface area contributed by atoms with Gasteiger partial charge in [-0.15, -0.1) is 0 Å². The summed E-state index contributed by atoms with van der Waals surface area (Å²) in [4.78, 5) is 21.9. The second-order valence-corrected chi connectivity index (χ2v) is 4.16. The average Bonchev–Trinajstić information content (AvgIpc) is 2.78. The molecule has 0 unspecified atom stereocenters. The summed E-state index contributed by atoms with van der Waals surface area (Å²) in [5.41, 5.74) is 0.220. The number of hydrogen-bond donors (Lipinski definition) is 1. The average molecular weight is 281 g/mol. The Hall–Kier alpha value is -2.41. The third-order valence-corrected chi connectivity index (χ3v) is 2.68. The molecule has 1 heterocycles. The quantitative estimate of drug-likeness (QED) is 0.689. The fraction of sp³-hybridized carbons (Fsp3) is 0.0909. The van der Waals surface area contributed by atoms with Crippen LogP contribution in [0.1, 0.15) is 10.5 Å². The standard InChI is InChI=1S/C11H9ClN4O3/c1-15-5-4-9(14-15)11(17)13-10-6-7(16(18)19)2-3-8(10)12/h2-6H,1H3,(H,13,17). The Morgan fingerprint density at radius 2 is 2.21 bits per heavy atom. The van der Waals surface area contributed by atoms with Crippen LogP contribution in [0.3, 0.4) is 0 Å². The number of hydrogen-bond acceptors (Lipinski definition) is 4. The molecule has 98 valence electrons. The molecule has 1 amide bonds. The number of aromatic nitrogens is 2. The van der Waals surface area contributed by atoms with Crippen molar-refractivity contribution in [2.45, 2.75) is 0 Å². The molecule has 7 nitrogen and oxygen atoms in total. The van der Waals surface area contributed by atoms with E-state index < -0.39 is 10.8 Å². The molecule has 1 aromatic heterocycles. The van der Waals surface area contributed by atoms with E-state index in [4.69, 9.17) is 11.6 Å². The van der Waals surface area contributed by atoms with Crippen molar-refractivity contribution in [1.29, 1.82) is 0 Å². The molecule has 0 saturated heterocycles. The van der Waals surface area contributed by atoms with Gasteiger partial charge in [-0.05, 0) is 12.1 Å². The van der Waals surface area contributed by atoms with Crippen molar-refractivity contribution >= 4 is 28.9 Å². The number of nitro benzene ring substituents is 1. The van der Waals surface area contributed by atoms with Crippen molar-refractivity contribution in [3.05, 3.63) is 51.3 Å². The van der Waals surface area contributed by atoms with Gasteiger partial charge in [0, 0.05) is 25.4 Å². The van der Waals surface area contributed by atoms with Crippen LogP contribution in [-0.2, 0) is 7.05 Å². The van der Waals surface area contributed by atoms with E-state index in [0.29, 0.717) is 0 Å². The summed E-state index contributed by atoms with van der Waals surface area (Å²) < 4.78 is 1.48. The molecule has 0 atom stereocenters. The Bertz CT molecular complexity index is 653. The molecule has 0 bridgehead atoms. The summed E-state index contributed by atoms with van der Waals surface area (Å²) in [6.45, 7) is 0. The molecule has 19 heavy (non-hydrogen) atoms. The molecule has 0 spiro atoms. The van der Waals surface area contributed by atoms with Crippen LogP contribution < -0.4 is 5.32 Å². The molecule has 2 rings (SSSR count). The Labute approximate surface area is 112 Å². The molecule has 0 aliphatic carbocycles. The van der Waals surface area contributed by atoms with E-state index >= 15 is 0 Å². The minimum atomic E-state index is -0.563. The SMILES string of the molecule is Cn1ccc(C(=O)Nc2cc([N+](=O)[O-])ccc2Cl)n1. The molecule has 0 fully saturated rings. The molecule has 2 aromatic rings. The summed E-state index contributed by atoms with van der Waals surface area (Å²) in [5, 5.41) is 17.3. The largest absolute Gasteiger partial charge is 0.319 e. The second kappa shape index (κ2) is 5.07. The molecule has 8 heteroatoms. The van der Waals surface area contributed by atoms with Crippen LogP contribution in [0.5, 0.6) is 0 Å². The lowest BCUT2D eigenvalue weighted by Crippen LogP contribution is -2.13.